The summed E-state index contributed by atoms with van der Waals surface area (Å²) in [5.74, 6) is 1.92. The van der Waals surface area contributed by atoms with Gasteiger partial charge in [0.1, 0.15) is 0 Å². The van der Waals surface area contributed by atoms with Gasteiger partial charge in [-0.3, -0.25) is 24.5 Å². The van der Waals surface area contributed by atoms with Crippen LogP contribution in [0.5, 0.6) is 0 Å². The van der Waals surface area contributed by atoms with Crippen LogP contribution >= 0.6 is 0 Å². The summed E-state index contributed by atoms with van der Waals surface area (Å²) in [6.45, 7) is 13.3. The normalized spacial score (nSPS) is 28.2. The summed E-state index contributed by atoms with van der Waals surface area (Å²) in [5.41, 5.74) is 6.30. The van der Waals surface area contributed by atoms with Gasteiger partial charge in [0.15, 0.2) is 0 Å². The molecule has 3 heterocycles. The predicted molar refractivity (Wildman–Crippen MR) is 206 cm³/mol. The third kappa shape index (κ3) is 7.84. The molecule has 2 amide bonds. The molecule has 7 rings (SSSR count). The molecule has 278 valence electrons. The summed E-state index contributed by atoms with van der Waals surface area (Å²) < 4.78 is 6.19. The van der Waals surface area contributed by atoms with Crippen molar-refractivity contribution in [2.75, 3.05) is 50.6 Å². The third-order valence-corrected chi connectivity index (χ3v) is 12.8. The fraction of sp³-hybridized carbons (Fsp3) is 0.548. The number of ether oxygens (including phenoxy) is 1. The number of carbonyl (C=O) groups is 2. The first-order valence-corrected chi connectivity index (χ1v) is 19.4. The zero-order valence-corrected chi connectivity index (χ0v) is 31.7. The number of piperazine rings is 1. The molecule has 52 heavy (non-hydrogen) atoms. The van der Waals surface area contributed by atoms with E-state index >= 15 is 0 Å². The minimum absolute atomic E-state index is 0.0599. The lowest BCUT2D eigenvalue weighted by atomic mass is 9.49. The lowest BCUT2D eigenvalue weighted by Crippen LogP contribution is -2.65. The van der Waals surface area contributed by atoms with Crippen LogP contribution in [0.2, 0.25) is 0 Å². The fourth-order valence-corrected chi connectivity index (χ4v) is 9.59. The van der Waals surface area contributed by atoms with E-state index in [1.54, 1.807) is 0 Å². The summed E-state index contributed by atoms with van der Waals surface area (Å²) >= 11 is 0. The number of carbonyl (C=O) groups excluding carboxylic acids is 2. The van der Waals surface area contributed by atoms with E-state index in [9.17, 15) is 9.59 Å². The largest absolute Gasteiger partial charge is 0.411 e. The maximum absolute atomic E-state index is 13.5. The minimum atomic E-state index is -0.356. The second-order valence-corrected chi connectivity index (χ2v) is 16.8. The van der Waals surface area contributed by atoms with Gasteiger partial charge in [0.05, 0.1) is 26.3 Å². The summed E-state index contributed by atoms with van der Waals surface area (Å²) in [6, 6.07) is 18.8. The van der Waals surface area contributed by atoms with E-state index in [2.05, 4.69) is 88.4 Å². The van der Waals surface area contributed by atoms with Crippen molar-refractivity contribution in [2.24, 2.45) is 23.2 Å². The first kappa shape index (κ1) is 36.4. The van der Waals surface area contributed by atoms with Crippen LogP contribution in [0.25, 0.3) is 0 Å². The molecular formula is C42H58N7O3+. The first-order chi connectivity index (χ1) is 25.0. The smallest absolute Gasteiger partial charge is 0.399 e. The molecule has 3 bridgehead atoms. The molecule has 4 aliphatic rings. The Labute approximate surface area is 309 Å². The number of nitrogens with one attached hydrogen (secondary N) is 4. The number of alkyl carbamates (subject to hydrolysis) is 1. The molecule has 6 atom stereocenters. The molecule has 2 saturated heterocycles. The molecule has 4 N–H and O–H groups in total. The topological polar surface area (TPSA) is 108 Å². The van der Waals surface area contributed by atoms with Crippen LogP contribution in [0.15, 0.2) is 67.0 Å². The highest BCUT2D eigenvalue weighted by Crippen LogP contribution is 2.61. The van der Waals surface area contributed by atoms with Gasteiger partial charge in [0, 0.05) is 66.5 Å². The van der Waals surface area contributed by atoms with Gasteiger partial charge >= 0.3 is 6.09 Å². The third-order valence-electron chi connectivity index (χ3n) is 12.8. The van der Waals surface area contributed by atoms with Crippen LogP contribution < -0.4 is 21.3 Å². The molecule has 6 unspecified atom stereocenters. The molecular weight excluding hydrogens is 651 g/mol. The van der Waals surface area contributed by atoms with E-state index in [0.717, 1.165) is 55.6 Å². The van der Waals surface area contributed by atoms with E-state index in [-0.39, 0.29) is 35.7 Å². The lowest BCUT2D eigenvalue weighted by molar-refractivity contribution is -0.929. The molecule has 10 heteroatoms. The SMILES string of the molecule is Cc1ccc(NC(=O)c2ccc(CN3CC[N+](C)(COC(=O)NC(C)C)CC3)cc2)cc1NC1NC(c2cccnc2)C2CC3CCCC1(C2)C3C. The van der Waals surface area contributed by atoms with Gasteiger partial charge in [-0.05, 0) is 105 Å². The monoisotopic (exact) mass is 708 g/mol. The average molecular weight is 709 g/mol. The van der Waals surface area contributed by atoms with Crippen molar-refractivity contribution < 1.29 is 18.8 Å². The summed E-state index contributed by atoms with van der Waals surface area (Å²) in [4.78, 5) is 32.3. The number of likely N-dealkylation sites (N-methyl/N-ethyl adjacent to an activating group) is 1. The number of aryl methyl sites for hydroxylation is 1. The number of pyridine rings is 1. The number of rotatable bonds is 10. The predicted octanol–water partition coefficient (Wildman–Crippen LogP) is 6.91. The van der Waals surface area contributed by atoms with Gasteiger partial charge < -0.3 is 20.7 Å². The quantitative estimate of drug-likeness (QED) is 0.170. The van der Waals surface area contributed by atoms with E-state index in [1.165, 1.54) is 43.2 Å². The molecule has 0 radical (unpaired) electrons. The highest BCUT2D eigenvalue weighted by molar-refractivity contribution is 6.04. The van der Waals surface area contributed by atoms with Crippen LogP contribution in [-0.4, -0.2) is 78.5 Å². The Morgan fingerprint density at radius 3 is 2.62 bits per heavy atom. The Hall–Kier alpha value is -3.99. The number of hydrogen-bond acceptors (Lipinski definition) is 7. The van der Waals surface area contributed by atoms with E-state index in [4.69, 9.17) is 4.74 Å². The highest BCUT2D eigenvalue weighted by Gasteiger charge is 2.57. The molecule has 2 aliphatic carbocycles. The Balaban J connectivity index is 0.969. The first-order valence-electron chi connectivity index (χ1n) is 19.4. The second kappa shape index (κ2) is 15.2. The number of aromatic nitrogens is 1. The molecule has 1 spiro atoms. The van der Waals surface area contributed by atoms with Gasteiger partial charge in [-0.1, -0.05) is 44.0 Å². The van der Waals surface area contributed by atoms with Crippen molar-refractivity contribution >= 4 is 23.4 Å². The number of amides is 2. The molecule has 4 fully saturated rings. The second-order valence-electron chi connectivity index (χ2n) is 16.8. The molecule has 2 aliphatic heterocycles. The van der Waals surface area contributed by atoms with Gasteiger partial charge in [-0.2, -0.15) is 0 Å². The zero-order chi connectivity index (χ0) is 36.5. The van der Waals surface area contributed by atoms with Gasteiger partial charge in [-0.25, -0.2) is 4.79 Å². The lowest BCUT2D eigenvalue weighted by Gasteiger charge is -2.62. The molecule has 10 nitrogen and oxygen atoms in total. The Morgan fingerprint density at radius 1 is 1.10 bits per heavy atom. The highest BCUT2D eigenvalue weighted by atomic mass is 16.6. The molecule has 1 aromatic heterocycles. The van der Waals surface area contributed by atoms with Crippen molar-refractivity contribution in [3.63, 3.8) is 0 Å². The standard InChI is InChI=1S/C42H57N7O3/c1-28(2)44-41(51)52-27-49(5)20-18-48(19-21-49)26-31-11-13-32(14-12-31)39(50)45-36-15-10-29(3)37(23-36)46-40-42-16-6-8-33(30(42)4)22-35(24-42)38(47-40)34-9-7-17-43-25-34/h7,9-15,17,23,25,28,30,33,35,38,40,46-47H,6,8,16,18-22,24,26-27H2,1-5H3,(H-,44,45,50,51)/p+1. The summed E-state index contributed by atoms with van der Waals surface area (Å²) in [5, 5.41) is 14.1. The number of hydrogen-bond donors (Lipinski definition) is 4. The summed E-state index contributed by atoms with van der Waals surface area (Å²) in [7, 11) is 2.14. The van der Waals surface area contributed by atoms with Crippen molar-refractivity contribution in [3.05, 3.63) is 89.2 Å². The molecule has 2 saturated carbocycles. The van der Waals surface area contributed by atoms with Crippen LogP contribution in [-0.2, 0) is 11.3 Å². The van der Waals surface area contributed by atoms with Crippen LogP contribution in [0.1, 0.15) is 86.0 Å². The Morgan fingerprint density at radius 2 is 1.88 bits per heavy atom. The Bertz CT molecular complexity index is 1710. The van der Waals surface area contributed by atoms with E-state index < -0.39 is 0 Å². The fourth-order valence-electron chi connectivity index (χ4n) is 9.59. The number of piperidine rings is 1. The van der Waals surface area contributed by atoms with E-state index in [1.807, 2.05) is 44.4 Å². The maximum atomic E-state index is 13.5. The van der Waals surface area contributed by atoms with Gasteiger partial charge in [-0.15, -0.1) is 0 Å². The average Bonchev–Trinajstić information content (AvgIpc) is 3.12. The van der Waals surface area contributed by atoms with Crippen molar-refractivity contribution in [1.82, 2.24) is 20.5 Å². The number of anilines is 2. The van der Waals surface area contributed by atoms with Crippen molar-refractivity contribution in [1.29, 1.82) is 0 Å². The van der Waals surface area contributed by atoms with E-state index in [0.29, 0.717) is 28.6 Å². The Kier molecular flexibility index (Phi) is 10.6. The minimum Gasteiger partial charge on any atom is -0.399 e. The number of nitrogens with zero attached hydrogens (tertiary/aromatic N) is 3. The number of fused-ring (bicyclic) bond motifs is 2. The van der Waals surface area contributed by atoms with Crippen molar-refractivity contribution in [3.8, 4) is 0 Å². The van der Waals surface area contributed by atoms with Gasteiger partial charge in [0.2, 0.25) is 6.73 Å². The maximum Gasteiger partial charge on any atom is 0.411 e. The number of quaternary nitrogens is 1. The van der Waals surface area contributed by atoms with Gasteiger partial charge in [0.25, 0.3) is 5.91 Å². The summed E-state index contributed by atoms with van der Waals surface area (Å²) in [6.07, 6.45) is 10.0. The molecule has 2 aromatic carbocycles. The van der Waals surface area contributed by atoms with Crippen LogP contribution in [0.3, 0.4) is 0 Å². The molecule has 3 aromatic rings. The zero-order valence-electron chi connectivity index (χ0n) is 31.7. The van der Waals surface area contributed by atoms with Crippen LogP contribution in [0.4, 0.5) is 16.2 Å². The number of benzene rings is 2. The van der Waals surface area contributed by atoms with Crippen LogP contribution in [0, 0.1) is 30.1 Å². The van der Waals surface area contributed by atoms with Crippen molar-refractivity contribution in [2.45, 2.75) is 84.6 Å².